The summed E-state index contributed by atoms with van der Waals surface area (Å²) in [5, 5.41) is 20.0. The van der Waals surface area contributed by atoms with Crippen molar-refractivity contribution in [2.45, 2.75) is 6.42 Å². The molecule has 0 aromatic carbocycles. The van der Waals surface area contributed by atoms with E-state index >= 15 is 0 Å². The van der Waals surface area contributed by atoms with E-state index in [0.29, 0.717) is 23.4 Å². The van der Waals surface area contributed by atoms with Crippen LogP contribution in [-0.4, -0.2) is 34.7 Å². The highest BCUT2D eigenvalue weighted by atomic mass is 79.9. The van der Waals surface area contributed by atoms with Gasteiger partial charge in [-0.1, -0.05) is 0 Å². The van der Waals surface area contributed by atoms with Gasteiger partial charge in [-0.3, -0.25) is 10.1 Å². The third kappa shape index (κ3) is 2.55. The monoisotopic (exact) mass is 301 g/mol. The van der Waals surface area contributed by atoms with E-state index in [1.807, 2.05) is 4.90 Å². The highest BCUT2D eigenvalue weighted by Gasteiger charge is 2.28. The zero-order valence-corrected chi connectivity index (χ0v) is 10.6. The number of nitro groups is 1. The molecule has 1 aromatic heterocycles. The van der Waals surface area contributed by atoms with Crippen LogP contribution >= 0.6 is 15.9 Å². The summed E-state index contributed by atoms with van der Waals surface area (Å²) in [7, 11) is 0. The number of aliphatic hydroxyl groups excluding tert-OH is 1. The van der Waals surface area contributed by atoms with Crippen LogP contribution in [0.25, 0.3) is 0 Å². The number of nitrogens with zero attached hydrogens (tertiary/aromatic N) is 3. The molecule has 6 nitrogen and oxygen atoms in total. The van der Waals surface area contributed by atoms with Crippen molar-refractivity contribution in [3.8, 4) is 0 Å². The topological polar surface area (TPSA) is 79.5 Å². The Morgan fingerprint density at radius 1 is 1.71 bits per heavy atom. The Morgan fingerprint density at radius 3 is 3.06 bits per heavy atom. The molecule has 0 bridgehead atoms. The molecule has 1 aromatic rings. The van der Waals surface area contributed by atoms with Crippen molar-refractivity contribution in [2.24, 2.45) is 5.92 Å². The van der Waals surface area contributed by atoms with Crippen molar-refractivity contribution in [3.63, 3.8) is 0 Å². The summed E-state index contributed by atoms with van der Waals surface area (Å²) in [5.74, 6) is 0.564. The molecule has 1 aliphatic heterocycles. The molecule has 0 spiro atoms. The number of anilines is 1. The maximum atomic E-state index is 11.0. The minimum atomic E-state index is -0.431. The Morgan fingerprint density at radius 2 is 2.47 bits per heavy atom. The fourth-order valence-electron chi connectivity index (χ4n) is 1.97. The summed E-state index contributed by atoms with van der Waals surface area (Å²) in [4.78, 5) is 16.5. The molecule has 0 aliphatic carbocycles. The van der Waals surface area contributed by atoms with Crippen molar-refractivity contribution in [1.29, 1.82) is 0 Å². The van der Waals surface area contributed by atoms with Gasteiger partial charge in [0.05, 0.1) is 4.92 Å². The van der Waals surface area contributed by atoms with Crippen molar-refractivity contribution in [2.75, 3.05) is 24.6 Å². The van der Waals surface area contributed by atoms with Crippen LogP contribution in [-0.2, 0) is 0 Å². The molecule has 1 saturated heterocycles. The molecule has 17 heavy (non-hydrogen) atoms. The molecule has 1 N–H and O–H groups in total. The summed E-state index contributed by atoms with van der Waals surface area (Å²) in [6.45, 7) is 1.42. The average molecular weight is 302 g/mol. The van der Waals surface area contributed by atoms with Crippen LogP contribution in [0.4, 0.5) is 11.5 Å². The molecule has 0 radical (unpaired) electrons. The molecule has 2 heterocycles. The Balaban J connectivity index is 2.29. The van der Waals surface area contributed by atoms with Crippen LogP contribution in [0.1, 0.15) is 6.42 Å². The molecular formula is C10H12BrN3O3. The lowest BCUT2D eigenvalue weighted by atomic mass is 10.1. The van der Waals surface area contributed by atoms with Crippen LogP contribution in [0.2, 0.25) is 0 Å². The second-order valence-corrected chi connectivity index (χ2v) is 4.95. The van der Waals surface area contributed by atoms with Crippen LogP contribution in [0, 0.1) is 16.0 Å². The van der Waals surface area contributed by atoms with Crippen LogP contribution in [0.3, 0.4) is 0 Å². The average Bonchev–Trinajstić information content (AvgIpc) is 2.77. The summed E-state index contributed by atoms with van der Waals surface area (Å²) in [6.07, 6.45) is 2.39. The van der Waals surface area contributed by atoms with E-state index in [9.17, 15) is 10.1 Å². The number of hydrogen-bond acceptors (Lipinski definition) is 5. The fraction of sp³-hybridized carbons (Fsp3) is 0.500. The predicted octanol–water partition coefficient (Wildman–Crippen LogP) is 1.57. The maximum Gasteiger partial charge on any atom is 0.312 e. The van der Waals surface area contributed by atoms with Crippen molar-refractivity contribution >= 4 is 27.4 Å². The highest BCUT2D eigenvalue weighted by Crippen LogP contribution is 2.31. The van der Waals surface area contributed by atoms with Crippen LogP contribution in [0.15, 0.2) is 16.7 Å². The maximum absolute atomic E-state index is 11.0. The first-order valence-corrected chi connectivity index (χ1v) is 6.07. The van der Waals surface area contributed by atoms with E-state index in [2.05, 4.69) is 20.9 Å². The molecule has 1 aliphatic rings. The number of hydrogen-bond donors (Lipinski definition) is 1. The standard InChI is InChI=1S/C10H12BrN3O3/c11-8-3-9(14(16)17)10(12-4-8)13-2-1-7(5-13)6-15/h3-4,7,15H,1-2,5-6H2/t7-/m1/s1. The van der Waals surface area contributed by atoms with Gasteiger partial charge in [-0.2, -0.15) is 0 Å². The molecule has 0 amide bonds. The van der Waals surface area contributed by atoms with Gasteiger partial charge in [0, 0.05) is 42.4 Å². The van der Waals surface area contributed by atoms with Crippen molar-refractivity contribution in [3.05, 3.63) is 26.9 Å². The zero-order chi connectivity index (χ0) is 12.4. The van der Waals surface area contributed by atoms with E-state index < -0.39 is 4.92 Å². The van der Waals surface area contributed by atoms with Gasteiger partial charge >= 0.3 is 5.69 Å². The Bertz CT molecular complexity index is 441. The normalized spacial score (nSPS) is 19.6. The first kappa shape index (κ1) is 12.3. The second-order valence-electron chi connectivity index (χ2n) is 4.04. The molecule has 1 fully saturated rings. The third-order valence-electron chi connectivity index (χ3n) is 2.85. The first-order chi connectivity index (χ1) is 8.11. The minimum Gasteiger partial charge on any atom is -0.396 e. The molecule has 92 valence electrons. The smallest absolute Gasteiger partial charge is 0.312 e. The SMILES string of the molecule is O=[N+]([O-])c1cc(Br)cnc1N1CC[C@@H](CO)C1. The lowest BCUT2D eigenvalue weighted by Crippen LogP contribution is -2.22. The molecule has 7 heteroatoms. The van der Waals surface area contributed by atoms with E-state index in [0.717, 1.165) is 6.42 Å². The largest absolute Gasteiger partial charge is 0.396 e. The van der Waals surface area contributed by atoms with Gasteiger partial charge in [0.1, 0.15) is 0 Å². The second kappa shape index (κ2) is 4.97. The lowest BCUT2D eigenvalue weighted by Gasteiger charge is -2.16. The fourth-order valence-corrected chi connectivity index (χ4v) is 2.29. The van der Waals surface area contributed by atoms with Gasteiger partial charge in [-0.25, -0.2) is 4.98 Å². The molecule has 2 rings (SSSR count). The van der Waals surface area contributed by atoms with Gasteiger partial charge in [-0.05, 0) is 22.4 Å². The summed E-state index contributed by atoms with van der Waals surface area (Å²) in [5.41, 5.74) is -0.00188. The molecule has 0 unspecified atom stereocenters. The van der Waals surface area contributed by atoms with Crippen LogP contribution < -0.4 is 4.90 Å². The van der Waals surface area contributed by atoms with Gasteiger partial charge in [0.25, 0.3) is 0 Å². The number of aliphatic hydroxyl groups is 1. The number of halogens is 1. The van der Waals surface area contributed by atoms with Gasteiger partial charge in [-0.15, -0.1) is 0 Å². The number of rotatable bonds is 3. The minimum absolute atomic E-state index is 0.00188. The van der Waals surface area contributed by atoms with Crippen LogP contribution in [0.5, 0.6) is 0 Å². The van der Waals surface area contributed by atoms with Crippen molar-refractivity contribution < 1.29 is 10.0 Å². The first-order valence-electron chi connectivity index (χ1n) is 5.27. The van der Waals surface area contributed by atoms with Gasteiger partial charge in [0.2, 0.25) is 5.82 Å². The van der Waals surface area contributed by atoms with E-state index in [-0.39, 0.29) is 18.2 Å². The lowest BCUT2D eigenvalue weighted by molar-refractivity contribution is -0.384. The van der Waals surface area contributed by atoms with E-state index in [1.54, 1.807) is 6.20 Å². The van der Waals surface area contributed by atoms with E-state index in [1.165, 1.54) is 6.07 Å². The predicted molar refractivity (Wildman–Crippen MR) is 66.0 cm³/mol. The van der Waals surface area contributed by atoms with Gasteiger partial charge < -0.3 is 10.0 Å². The zero-order valence-electron chi connectivity index (χ0n) is 9.04. The number of aromatic nitrogens is 1. The molecular weight excluding hydrogens is 290 g/mol. The quantitative estimate of drug-likeness (QED) is 0.677. The Labute approximate surface area is 107 Å². The number of pyridine rings is 1. The molecule has 0 saturated carbocycles. The summed E-state index contributed by atoms with van der Waals surface area (Å²) in [6, 6.07) is 1.45. The van der Waals surface area contributed by atoms with Gasteiger partial charge in [0.15, 0.2) is 0 Å². The highest BCUT2D eigenvalue weighted by molar-refractivity contribution is 9.10. The van der Waals surface area contributed by atoms with Crippen molar-refractivity contribution in [1.82, 2.24) is 4.98 Å². The van der Waals surface area contributed by atoms with E-state index in [4.69, 9.17) is 5.11 Å². The third-order valence-corrected chi connectivity index (χ3v) is 3.29. The summed E-state index contributed by atoms with van der Waals surface area (Å²) >= 11 is 3.17. The molecule has 1 atom stereocenters. The Hall–Kier alpha value is -1.21. The Kier molecular flexibility index (Phi) is 3.58. The summed E-state index contributed by atoms with van der Waals surface area (Å²) < 4.78 is 0.589.